The number of benzene rings is 1. The lowest BCUT2D eigenvalue weighted by Gasteiger charge is -2.32. The van der Waals surface area contributed by atoms with Crippen LogP contribution in [0.1, 0.15) is 37.3 Å². The molecule has 1 atom stereocenters. The van der Waals surface area contributed by atoms with Crippen LogP contribution in [-0.4, -0.2) is 40.9 Å². The molecule has 1 saturated heterocycles. The maximum atomic E-state index is 12.5. The second-order valence-corrected chi connectivity index (χ2v) is 7.14. The van der Waals surface area contributed by atoms with Crippen LogP contribution in [0.3, 0.4) is 0 Å². The van der Waals surface area contributed by atoms with Crippen molar-refractivity contribution in [1.29, 1.82) is 0 Å². The molecule has 2 fully saturated rings. The fraction of sp³-hybridized carbons (Fsp3) is 0.500. The molecule has 1 heterocycles. The average molecular weight is 365 g/mol. The largest absolute Gasteiger partial charge is 0.479 e. The van der Waals surface area contributed by atoms with E-state index in [1.807, 2.05) is 4.90 Å². The number of aliphatic carboxylic acids is 1. The summed E-state index contributed by atoms with van der Waals surface area (Å²) in [6.45, 7) is 1.12. The molecule has 6 nitrogen and oxygen atoms in total. The molecule has 2 aliphatic rings. The van der Waals surface area contributed by atoms with E-state index in [4.69, 9.17) is 11.6 Å². The molecule has 0 bridgehead atoms. The highest BCUT2D eigenvalue weighted by molar-refractivity contribution is 6.30. The van der Waals surface area contributed by atoms with Gasteiger partial charge < -0.3 is 15.3 Å². The number of carboxylic acid groups (broad SMARTS) is 1. The standard InChI is InChI=1S/C18H21ClN2O4/c19-14-5-3-11(4-6-14)15(18(24)25)20-16(22)12-7-9-21(10-8-12)17(23)13-1-2-13/h3-6,12-13,15H,1-2,7-10H2,(H,20,22)(H,24,25). The first-order valence-corrected chi connectivity index (χ1v) is 8.91. The lowest BCUT2D eigenvalue weighted by molar-refractivity contribution is -0.143. The van der Waals surface area contributed by atoms with Gasteiger partial charge in [0.05, 0.1) is 0 Å². The number of likely N-dealkylation sites (tertiary alicyclic amines) is 1. The molecule has 7 heteroatoms. The molecule has 3 rings (SSSR count). The number of rotatable bonds is 5. The van der Waals surface area contributed by atoms with Gasteiger partial charge in [-0.1, -0.05) is 23.7 Å². The molecular formula is C18H21ClN2O4. The van der Waals surface area contributed by atoms with Gasteiger partial charge in [0.25, 0.3) is 0 Å². The monoisotopic (exact) mass is 364 g/mol. The van der Waals surface area contributed by atoms with E-state index in [0.717, 1.165) is 12.8 Å². The SMILES string of the molecule is O=C(NC(C(=O)O)c1ccc(Cl)cc1)C1CCN(C(=O)C2CC2)CC1. The normalized spacial score (nSPS) is 19.3. The molecule has 0 aromatic heterocycles. The lowest BCUT2D eigenvalue weighted by atomic mass is 9.94. The third-order valence-corrected chi connectivity index (χ3v) is 5.09. The van der Waals surface area contributed by atoms with Gasteiger partial charge in [-0.2, -0.15) is 0 Å². The Morgan fingerprint density at radius 2 is 1.64 bits per heavy atom. The Bertz CT molecular complexity index is 664. The topological polar surface area (TPSA) is 86.7 Å². The number of carbonyl (C=O) groups excluding carboxylic acids is 2. The van der Waals surface area contributed by atoms with Gasteiger partial charge in [-0.05, 0) is 43.4 Å². The van der Waals surface area contributed by atoms with Crippen molar-refractivity contribution < 1.29 is 19.5 Å². The lowest BCUT2D eigenvalue weighted by Crippen LogP contribution is -2.45. The second-order valence-electron chi connectivity index (χ2n) is 6.71. The Balaban J connectivity index is 1.57. The molecule has 134 valence electrons. The summed E-state index contributed by atoms with van der Waals surface area (Å²) in [7, 11) is 0. The number of halogens is 1. The first-order valence-electron chi connectivity index (χ1n) is 8.53. The summed E-state index contributed by atoms with van der Waals surface area (Å²) >= 11 is 5.82. The van der Waals surface area contributed by atoms with Crippen molar-refractivity contribution in [1.82, 2.24) is 10.2 Å². The molecule has 2 N–H and O–H groups in total. The van der Waals surface area contributed by atoms with E-state index in [0.29, 0.717) is 36.5 Å². The van der Waals surface area contributed by atoms with Crippen LogP contribution in [0, 0.1) is 11.8 Å². The number of nitrogens with zero attached hydrogens (tertiary/aromatic N) is 1. The molecular weight excluding hydrogens is 344 g/mol. The van der Waals surface area contributed by atoms with E-state index in [1.165, 1.54) is 0 Å². The van der Waals surface area contributed by atoms with Crippen LogP contribution in [0.25, 0.3) is 0 Å². The third kappa shape index (κ3) is 4.31. The summed E-state index contributed by atoms with van der Waals surface area (Å²) in [5, 5.41) is 12.5. The van der Waals surface area contributed by atoms with Gasteiger partial charge in [-0.3, -0.25) is 9.59 Å². The number of piperidine rings is 1. The fourth-order valence-electron chi connectivity index (χ4n) is 3.15. The maximum absolute atomic E-state index is 12.5. The number of amides is 2. The van der Waals surface area contributed by atoms with Crippen LogP contribution >= 0.6 is 11.6 Å². The van der Waals surface area contributed by atoms with E-state index < -0.39 is 12.0 Å². The van der Waals surface area contributed by atoms with Gasteiger partial charge >= 0.3 is 5.97 Å². The number of nitrogens with one attached hydrogen (secondary N) is 1. The zero-order valence-electron chi connectivity index (χ0n) is 13.8. The highest BCUT2D eigenvalue weighted by Gasteiger charge is 2.36. The third-order valence-electron chi connectivity index (χ3n) is 4.84. The van der Waals surface area contributed by atoms with E-state index in [-0.39, 0.29) is 23.7 Å². The van der Waals surface area contributed by atoms with Gasteiger partial charge in [0.1, 0.15) is 0 Å². The van der Waals surface area contributed by atoms with Crippen molar-refractivity contribution >= 4 is 29.4 Å². The Hall–Kier alpha value is -2.08. The average Bonchev–Trinajstić information content (AvgIpc) is 3.45. The van der Waals surface area contributed by atoms with Crippen LogP contribution in [0.15, 0.2) is 24.3 Å². The molecule has 25 heavy (non-hydrogen) atoms. The first-order chi connectivity index (χ1) is 12.0. The minimum absolute atomic E-state index is 0.187. The smallest absolute Gasteiger partial charge is 0.330 e. The summed E-state index contributed by atoms with van der Waals surface area (Å²) in [6, 6.07) is 5.29. The van der Waals surface area contributed by atoms with Crippen LogP contribution in [0.5, 0.6) is 0 Å². The van der Waals surface area contributed by atoms with Crippen LogP contribution in [0.4, 0.5) is 0 Å². The van der Waals surface area contributed by atoms with Crippen LogP contribution in [0.2, 0.25) is 5.02 Å². The highest BCUT2D eigenvalue weighted by Crippen LogP contribution is 2.32. The van der Waals surface area contributed by atoms with Crippen LogP contribution < -0.4 is 5.32 Å². The van der Waals surface area contributed by atoms with Gasteiger partial charge in [0.15, 0.2) is 6.04 Å². The van der Waals surface area contributed by atoms with Crippen molar-refractivity contribution in [2.75, 3.05) is 13.1 Å². The minimum atomic E-state index is -1.11. The van der Waals surface area contributed by atoms with E-state index >= 15 is 0 Å². The number of hydrogen-bond donors (Lipinski definition) is 2. The van der Waals surface area contributed by atoms with Crippen molar-refractivity contribution in [3.63, 3.8) is 0 Å². The molecule has 0 radical (unpaired) electrons. The molecule has 2 amide bonds. The van der Waals surface area contributed by atoms with Crippen molar-refractivity contribution in [2.45, 2.75) is 31.7 Å². The van der Waals surface area contributed by atoms with Gasteiger partial charge in [0.2, 0.25) is 11.8 Å². The van der Waals surface area contributed by atoms with Crippen molar-refractivity contribution in [3.8, 4) is 0 Å². The molecule has 1 aliphatic carbocycles. The predicted molar refractivity (Wildman–Crippen MR) is 92.0 cm³/mol. The molecule has 1 aromatic carbocycles. The minimum Gasteiger partial charge on any atom is -0.479 e. The Morgan fingerprint density at radius 3 is 2.16 bits per heavy atom. The molecule has 1 unspecified atom stereocenters. The van der Waals surface area contributed by atoms with E-state index in [1.54, 1.807) is 24.3 Å². The molecule has 0 spiro atoms. The summed E-state index contributed by atoms with van der Waals surface area (Å²) in [5.74, 6) is -1.27. The zero-order valence-corrected chi connectivity index (χ0v) is 14.5. The van der Waals surface area contributed by atoms with E-state index in [2.05, 4.69) is 5.32 Å². The molecule has 1 aromatic rings. The molecule has 1 aliphatic heterocycles. The van der Waals surface area contributed by atoms with Crippen LogP contribution in [-0.2, 0) is 14.4 Å². The summed E-state index contributed by atoms with van der Waals surface area (Å²) in [5.41, 5.74) is 0.478. The van der Waals surface area contributed by atoms with Gasteiger partial charge in [-0.15, -0.1) is 0 Å². The summed E-state index contributed by atoms with van der Waals surface area (Å²) in [4.78, 5) is 37.9. The van der Waals surface area contributed by atoms with Crippen molar-refractivity contribution in [2.24, 2.45) is 11.8 Å². The molecule has 1 saturated carbocycles. The van der Waals surface area contributed by atoms with E-state index in [9.17, 15) is 19.5 Å². The number of hydrogen-bond acceptors (Lipinski definition) is 3. The summed E-state index contributed by atoms with van der Waals surface area (Å²) in [6.07, 6.45) is 3.08. The highest BCUT2D eigenvalue weighted by atomic mass is 35.5. The van der Waals surface area contributed by atoms with Gasteiger partial charge in [-0.25, -0.2) is 4.79 Å². The predicted octanol–water partition coefficient (Wildman–Crippen LogP) is 2.23. The first kappa shape index (κ1) is 17.7. The Morgan fingerprint density at radius 1 is 1.04 bits per heavy atom. The van der Waals surface area contributed by atoms with Crippen molar-refractivity contribution in [3.05, 3.63) is 34.9 Å². The summed E-state index contributed by atoms with van der Waals surface area (Å²) < 4.78 is 0. The quantitative estimate of drug-likeness (QED) is 0.838. The van der Waals surface area contributed by atoms with Gasteiger partial charge in [0, 0.05) is 29.9 Å². The fourth-order valence-corrected chi connectivity index (χ4v) is 3.28. The Labute approximate surface area is 151 Å². The number of carbonyl (C=O) groups is 3. The maximum Gasteiger partial charge on any atom is 0.330 e. The zero-order chi connectivity index (χ0) is 18.0. The second kappa shape index (κ2) is 7.44. The Kier molecular flexibility index (Phi) is 5.27. The number of carboxylic acids is 1.